The molecule has 0 aliphatic carbocycles. The predicted octanol–water partition coefficient (Wildman–Crippen LogP) is 3.29. The van der Waals surface area contributed by atoms with Gasteiger partial charge in [0.1, 0.15) is 23.9 Å². The van der Waals surface area contributed by atoms with Crippen LogP contribution in [0.1, 0.15) is 12.0 Å². The van der Waals surface area contributed by atoms with Crippen LogP contribution in [0.3, 0.4) is 0 Å². The van der Waals surface area contributed by atoms with E-state index in [1.54, 1.807) is 39.5 Å². The van der Waals surface area contributed by atoms with Gasteiger partial charge in [0.05, 0.1) is 14.2 Å². The second kappa shape index (κ2) is 11.4. The topological polar surface area (TPSA) is 67.4 Å². The summed E-state index contributed by atoms with van der Waals surface area (Å²) in [5.41, 5.74) is 1.96. The Balaban J connectivity index is 1.53. The molecule has 2 aromatic rings. The third-order valence-electron chi connectivity index (χ3n) is 5.19. The van der Waals surface area contributed by atoms with Gasteiger partial charge < -0.3 is 29.7 Å². The van der Waals surface area contributed by atoms with Crippen molar-refractivity contribution in [1.29, 1.82) is 0 Å². The van der Waals surface area contributed by atoms with Gasteiger partial charge in [0.25, 0.3) is 6.43 Å². The molecule has 32 heavy (non-hydrogen) atoms. The van der Waals surface area contributed by atoms with Crippen molar-refractivity contribution < 1.29 is 23.0 Å². The number of hydrogen-bond acceptors (Lipinski definition) is 5. The number of anilines is 1. The van der Waals surface area contributed by atoms with Crippen LogP contribution in [0.2, 0.25) is 0 Å². The van der Waals surface area contributed by atoms with Crippen LogP contribution in [-0.2, 0) is 6.54 Å². The van der Waals surface area contributed by atoms with Gasteiger partial charge in [-0.3, -0.25) is 4.99 Å². The summed E-state index contributed by atoms with van der Waals surface area (Å²) in [6, 6.07) is 13.2. The van der Waals surface area contributed by atoms with Crippen molar-refractivity contribution in [2.24, 2.45) is 4.99 Å². The van der Waals surface area contributed by atoms with Crippen molar-refractivity contribution in [2.45, 2.75) is 25.4 Å². The number of guanidine groups is 1. The maximum absolute atomic E-state index is 12.3. The Labute approximate surface area is 187 Å². The smallest absolute Gasteiger partial charge is 0.272 e. The highest BCUT2D eigenvalue weighted by atomic mass is 19.3. The molecule has 1 aliphatic heterocycles. The average Bonchev–Trinajstić information content (AvgIpc) is 3.29. The zero-order chi connectivity index (χ0) is 22.9. The number of benzene rings is 2. The summed E-state index contributed by atoms with van der Waals surface area (Å²) in [6.07, 6.45) is -1.54. The summed E-state index contributed by atoms with van der Waals surface area (Å²) < 4.78 is 40.5. The van der Waals surface area contributed by atoms with E-state index in [1.807, 2.05) is 24.3 Å². The fourth-order valence-corrected chi connectivity index (χ4v) is 3.57. The molecular formula is C23H30F2N4O3. The minimum atomic E-state index is -2.50. The minimum Gasteiger partial charge on any atom is -0.497 e. The summed E-state index contributed by atoms with van der Waals surface area (Å²) in [5.74, 6) is 2.62. The van der Waals surface area contributed by atoms with Gasteiger partial charge in [-0.25, -0.2) is 8.78 Å². The van der Waals surface area contributed by atoms with Gasteiger partial charge in [-0.05, 0) is 24.1 Å². The lowest BCUT2D eigenvalue weighted by Crippen LogP contribution is -2.44. The molecule has 0 spiro atoms. The molecule has 1 aliphatic rings. The number of nitrogens with zero attached hydrogens (tertiary/aromatic N) is 2. The monoisotopic (exact) mass is 448 g/mol. The summed E-state index contributed by atoms with van der Waals surface area (Å²) in [5, 5.41) is 6.72. The molecule has 9 heteroatoms. The zero-order valence-corrected chi connectivity index (χ0v) is 18.6. The largest absolute Gasteiger partial charge is 0.497 e. The Hall–Kier alpha value is -3.23. The first-order valence-corrected chi connectivity index (χ1v) is 10.5. The summed E-state index contributed by atoms with van der Waals surface area (Å²) in [7, 11) is 5.00. The first kappa shape index (κ1) is 23.4. The SMILES string of the molecule is CN=C(NCc1cccc(OCC(F)F)c1)NC1CCN(c2cc(OC)cc(OC)c2)C1. The van der Waals surface area contributed by atoms with E-state index in [0.717, 1.165) is 42.3 Å². The maximum atomic E-state index is 12.3. The molecule has 2 N–H and O–H groups in total. The molecule has 7 nitrogen and oxygen atoms in total. The van der Waals surface area contributed by atoms with Crippen LogP contribution in [0.15, 0.2) is 47.5 Å². The van der Waals surface area contributed by atoms with Crippen molar-refractivity contribution >= 4 is 11.6 Å². The normalized spacial score (nSPS) is 16.2. The Morgan fingerprint density at radius 3 is 2.53 bits per heavy atom. The van der Waals surface area contributed by atoms with Gasteiger partial charge in [-0.1, -0.05) is 12.1 Å². The van der Waals surface area contributed by atoms with E-state index in [0.29, 0.717) is 18.3 Å². The van der Waals surface area contributed by atoms with E-state index in [1.165, 1.54) is 0 Å². The minimum absolute atomic E-state index is 0.221. The number of methoxy groups -OCH3 is 2. The number of aliphatic imine (C=N–C) groups is 1. The van der Waals surface area contributed by atoms with Crippen LogP contribution in [0, 0.1) is 0 Å². The molecule has 1 fully saturated rings. The van der Waals surface area contributed by atoms with E-state index in [-0.39, 0.29) is 6.04 Å². The van der Waals surface area contributed by atoms with Crippen molar-refractivity contribution in [1.82, 2.24) is 10.6 Å². The Bertz CT molecular complexity index is 888. The van der Waals surface area contributed by atoms with Crippen LogP contribution in [0.5, 0.6) is 17.2 Å². The molecule has 3 rings (SSSR count). The number of ether oxygens (including phenoxy) is 3. The molecular weight excluding hydrogens is 418 g/mol. The molecule has 174 valence electrons. The average molecular weight is 449 g/mol. The Kier molecular flexibility index (Phi) is 8.35. The van der Waals surface area contributed by atoms with E-state index in [2.05, 4.69) is 20.5 Å². The third-order valence-corrected chi connectivity index (χ3v) is 5.19. The molecule has 2 aromatic carbocycles. The second-order valence-corrected chi connectivity index (χ2v) is 7.42. The highest BCUT2D eigenvalue weighted by Gasteiger charge is 2.24. The van der Waals surface area contributed by atoms with Gasteiger partial charge in [0.2, 0.25) is 0 Å². The Morgan fingerprint density at radius 1 is 1.12 bits per heavy atom. The van der Waals surface area contributed by atoms with Crippen molar-refractivity contribution in [3.05, 3.63) is 48.0 Å². The molecule has 1 atom stereocenters. The molecule has 0 radical (unpaired) electrons. The number of rotatable bonds is 9. The standard InChI is InChI=1S/C23H30F2N4O3/c1-26-23(27-13-16-5-4-6-19(9-16)32-15-22(24)25)28-17-7-8-29(14-17)18-10-20(30-2)12-21(11-18)31-3/h4-6,9-12,17,22H,7-8,13-15H2,1-3H3,(H2,26,27,28). The highest BCUT2D eigenvalue weighted by molar-refractivity contribution is 5.80. The zero-order valence-electron chi connectivity index (χ0n) is 18.6. The summed E-state index contributed by atoms with van der Waals surface area (Å²) in [4.78, 5) is 6.58. The molecule has 0 saturated carbocycles. The van der Waals surface area contributed by atoms with E-state index in [9.17, 15) is 8.78 Å². The van der Waals surface area contributed by atoms with Gasteiger partial charge >= 0.3 is 0 Å². The fourth-order valence-electron chi connectivity index (χ4n) is 3.57. The predicted molar refractivity (Wildman–Crippen MR) is 121 cm³/mol. The number of nitrogens with one attached hydrogen (secondary N) is 2. The number of alkyl halides is 2. The lowest BCUT2D eigenvalue weighted by Gasteiger charge is -2.21. The van der Waals surface area contributed by atoms with Crippen LogP contribution in [-0.4, -0.2) is 59.4 Å². The number of hydrogen-bond donors (Lipinski definition) is 2. The lowest BCUT2D eigenvalue weighted by molar-refractivity contribution is 0.0818. The molecule has 1 unspecified atom stereocenters. The van der Waals surface area contributed by atoms with Gasteiger partial charge in [-0.2, -0.15) is 0 Å². The van der Waals surface area contributed by atoms with Gasteiger partial charge in [0.15, 0.2) is 5.96 Å². The van der Waals surface area contributed by atoms with Gasteiger partial charge in [0, 0.05) is 56.6 Å². The van der Waals surface area contributed by atoms with Crippen LogP contribution in [0.25, 0.3) is 0 Å². The number of halogens is 2. The Morgan fingerprint density at radius 2 is 1.88 bits per heavy atom. The summed E-state index contributed by atoms with van der Waals surface area (Å²) >= 11 is 0. The van der Waals surface area contributed by atoms with Crippen molar-refractivity contribution in [3.8, 4) is 17.2 Å². The lowest BCUT2D eigenvalue weighted by atomic mass is 10.2. The maximum Gasteiger partial charge on any atom is 0.272 e. The fraction of sp³-hybridized carbons (Fsp3) is 0.435. The summed E-state index contributed by atoms with van der Waals surface area (Å²) in [6.45, 7) is 1.59. The molecule has 0 amide bonds. The second-order valence-electron chi connectivity index (χ2n) is 7.42. The van der Waals surface area contributed by atoms with E-state index in [4.69, 9.17) is 14.2 Å². The quantitative estimate of drug-likeness (QED) is 0.453. The molecule has 0 aromatic heterocycles. The van der Waals surface area contributed by atoms with Crippen LogP contribution < -0.4 is 29.7 Å². The highest BCUT2D eigenvalue weighted by Crippen LogP contribution is 2.30. The first-order chi connectivity index (χ1) is 15.5. The van der Waals surface area contributed by atoms with Crippen molar-refractivity contribution in [2.75, 3.05) is 45.9 Å². The van der Waals surface area contributed by atoms with Crippen LogP contribution >= 0.6 is 0 Å². The third kappa shape index (κ3) is 6.63. The molecule has 0 bridgehead atoms. The van der Waals surface area contributed by atoms with Crippen LogP contribution in [0.4, 0.5) is 14.5 Å². The van der Waals surface area contributed by atoms with E-state index < -0.39 is 13.0 Å². The molecule has 1 heterocycles. The first-order valence-electron chi connectivity index (χ1n) is 10.5. The van der Waals surface area contributed by atoms with Gasteiger partial charge in [-0.15, -0.1) is 0 Å². The molecule has 1 saturated heterocycles. The van der Waals surface area contributed by atoms with Crippen molar-refractivity contribution in [3.63, 3.8) is 0 Å². The van der Waals surface area contributed by atoms with E-state index >= 15 is 0 Å².